The Morgan fingerprint density at radius 1 is 1.35 bits per heavy atom. The van der Waals surface area contributed by atoms with Crippen LogP contribution in [0.15, 0.2) is 30.3 Å². The quantitative estimate of drug-likeness (QED) is 0.866. The third kappa shape index (κ3) is 3.24. The molecule has 1 spiro atoms. The molecule has 0 unspecified atom stereocenters. The molecule has 3 heterocycles. The van der Waals surface area contributed by atoms with E-state index in [2.05, 4.69) is 16.7 Å². The van der Waals surface area contributed by atoms with Crippen LogP contribution in [0.2, 0.25) is 0 Å². The molecule has 1 saturated heterocycles. The molecule has 0 aliphatic carbocycles. The Hall–Kier alpha value is -1.89. The van der Waals surface area contributed by atoms with Gasteiger partial charge in [-0.2, -0.15) is 0 Å². The predicted molar refractivity (Wildman–Crippen MR) is 102 cm³/mol. The molecule has 4 rings (SSSR count). The van der Waals surface area contributed by atoms with Gasteiger partial charge in [0.25, 0.3) is 5.91 Å². The Morgan fingerprint density at radius 2 is 2.15 bits per heavy atom. The van der Waals surface area contributed by atoms with Crippen LogP contribution in [-0.2, 0) is 23.3 Å². The second-order valence-corrected chi connectivity index (χ2v) is 7.92. The molecule has 2 aliphatic rings. The van der Waals surface area contributed by atoms with Gasteiger partial charge in [0.1, 0.15) is 5.75 Å². The summed E-state index contributed by atoms with van der Waals surface area (Å²) in [6, 6.07) is 9.81. The monoisotopic (exact) mass is 372 g/mol. The summed E-state index contributed by atoms with van der Waals surface area (Å²) < 4.78 is 11.6. The normalized spacial score (nSPS) is 18.3. The summed E-state index contributed by atoms with van der Waals surface area (Å²) in [5, 5.41) is 6.43. The Bertz CT molecular complexity index is 796. The number of hydrogen-bond acceptors (Lipinski definition) is 5. The van der Waals surface area contributed by atoms with E-state index in [-0.39, 0.29) is 11.5 Å². The maximum Gasteiger partial charge on any atom is 0.261 e. The van der Waals surface area contributed by atoms with E-state index >= 15 is 0 Å². The van der Waals surface area contributed by atoms with Crippen molar-refractivity contribution in [1.82, 2.24) is 10.6 Å². The third-order valence-corrected chi connectivity index (χ3v) is 6.47. The molecule has 1 fully saturated rings. The standard InChI is InChI=1S/C20H24N2O3S/c1-24-16-5-3-2-4-14(16)13-22-19(23)18-12-15-17(26-18)6-11-25-20(15)7-9-21-10-8-20/h2-5,12,21H,6-11,13H2,1H3,(H,22,23). The predicted octanol–water partition coefficient (Wildman–Crippen LogP) is 2.84. The first-order chi connectivity index (χ1) is 12.7. The average molecular weight is 372 g/mol. The van der Waals surface area contributed by atoms with E-state index in [0.29, 0.717) is 6.54 Å². The minimum Gasteiger partial charge on any atom is -0.496 e. The maximum atomic E-state index is 12.7. The van der Waals surface area contributed by atoms with Crippen molar-refractivity contribution in [3.05, 3.63) is 51.2 Å². The van der Waals surface area contributed by atoms with Crippen molar-refractivity contribution in [2.75, 3.05) is 26.8 Å². The van der Waals surface area contributed by atoms with E-state index < -0.39 is 0 Å². The van der Waals surface area contributed by atoms with E-state index in [0.717, 1.165) is 55.1 Å². The Morgan fingerprint density at radius 3 is 2.96 bits per heavy atom. The summed E-state index contributed by atoms with van der Waals surface area (Å²) in [7, 11) is 1.65. The van der Waals surface area contributed by atoms with Crippen molar-refractivity contribution in [3.8, 4) is 5.75 Å². The highest BCUT2D eigenvalue weighted by atomic mass is 32.1. The lowest BCUT2D eigenvalue weighted by atomic mass is 9.83. The summed E-state index contributed by atoms with van der Waals surface area (Å²) in [5.41, 5.74) is 2.01. The summed E-state index contributed by atoms with van der Waals surface area (Å²) in [6.45, 7) is 3.13. The van der Waals surface area contributed by atoms with Gasteiger partial charge in [-0.05, 0) is 43.6 Å². The van der Waals surface area contributed by atoms with Crippen LogP contribution in [0.25, 0.3) is 0 Å². The molecule has 1 aromatic heterocycles. The van der Waals surface area contributed by atoms with Gasteiger partial charge in [0.15, 0.2) is 0 Å². The van der Waals surface area contributed by atoms with Gasteiger partial charge in [-0.25, -0.2) is 0 Å². The van der Waals surface area contributed by atoms with Gasteiger partial charge in [0, 0.05) is 23.4 Å². The van der Waals surface area contributed by atoms with Gasteiger partial charge in [-0.15, -0.1) is 11.3 Å². The van der Waals surface area contributed by atoms with Gasteiger partial charge in [-0.3, -0.25) is 4.79 Å². The third-order valence-electron chi connectivity index (χ3n) is 5.27. The molecular weight excluding hydrogens is 348 g/mol. The van der Waals surface area contributed by atoms with Crippen molar-refractivity contribution in [2.24, 2.45) is 0 Å². The van der Waals surface area contributed by atoms with Crippen LogP contribution in [0.3, 0.4) is 0 Å². The fraction of sp³-hybridized carbons (Fsp3) is 0.450. The van der Waals surface area contributed by atoms with Crippen LogP contribution in [-0.4, -0.2) is 32.7 Å². The van der Waals surface area contributed by atoms with Crippen molar-refractivity contribution >= 4 is 17.2 Å². The first-order valence-electron chi connectivity index (χ1n) is 9.10. The Balaban J connectivity index is 1.51. The first kappa shape index (κ1) is 17.5. The SMILES string of the molecule is COc1ccccc1CNC(=O)c1cc2c(s1)CCOC21CCNCC1. The molecule has 138 valence electrons. The van der Waals surface area contributed by atoms with Crippen molar-refractivity contribution in [1.29, 1.82) is 0 Å². The zero-order valence-electron chi connectivity index (χ0n) is 15.0. The van der Waals surface area contributed by atoms with Gasteiger partial charge >= 0.3 is 0 Å². The minimum atomic E-state index is -0.198. The molecule has 2 aliphatic heterocycles. The molecule has 1 aromatic carbocycles. The number of para-hydroxylation sites is 1. The van der Waals surface area contributed by atoms with Crippen LogP contribution in [0, 0.1) is 0 Å². The van der Waals surface area contributed by atoms with Crippen LogP contribution >= 0.6 is 11.3 Å². The minimum absolute atomic E-state index is 0.0283. The molecule has 26 heavy (non-hydrogen) atoms. The zero-order chi connectivity index (χ0) is 18.0. The number of benzene rings is 1. The number of amides is 1. The Kier molecular flexibility index (Phi) is 4.98. The van der Waals surface area contributed by atoms with Crippen LogP contribution in [0.1, 0.15) is 38.5 Å². The van der Waals surface area contributed by atoms with E-state index in [9.17, 15) is 4.79 Å². The van der Waals surface area contributed by atoms with Crippen molar-refractivity contribution in [2.45, 2.75) is 31.4 Å². The number of ether oxygens (including phenoxy) is 2. The topological polar surface area (TPSA) is 59.6 Å². The zero-order valence-corrected chi connectivity index (χ0v) is 15.8. The number of methoxy groups -OCH3 is 1. The molecule has 0 radical (unpaired) electrons. The summed E-state index contributed by atoms with van der Waals surface area (Å²) in [6.07, 6.45) is 2.84. The van der Waals surface area contributed by atoms with Gasteiger partial charge < -0.3 is 20.1 Å². The van der Waals surface area contributed by atoms with Crippen LogP contribution in [0.5, 0.6) is 5.75 Å². The number of thiophene rings is 1. The molecule has 2 N–H and O–H groups in total. The molecule has 0 bridgehead atoms. The number of carbonyl (C=O) groups excluding carboxylic acids is 1. The van der Waals surface area contributed by atoms with E-state index in [4.69, 9.17) is 9.47 Å². The number of nitrogens with one attached hydrogen (secondary N) is 2. The second kappa shape index (κ2) is 7.39. The number of hydrogen-bond donors (Lipinski definition) is 2. The van der Waals surface area contributed by atoms with Gasteiger partial charge in [0.05, 0.1) is 24.2 Å². The molecule has 2 aromatic rings. The summed E-state index contributed by atoms with van der Waals surface area (Å²) in [5.74, 6) is 0.764. The van der Waals surface area contributed by atoms with Crippen molar-refractivity contribution in [3.63, 3.8) is 0 Å². The molecule has 1 amide bonds. The molecule has 0 saturated carbocycles. The number of fused-ring (bicyclic) bond motifs is 2. The number of carbonyl (C=O) groups is 1. The molecule has 0 atom stereocenters. The Labute approximate surface area is 157 Å². The lowest BCUT2D eigenvalue weighted by Gasteiger charge is -2.40. The van der Waals surface area contributed by atoms with E-state index in [1.807, 2.05) is 24.3 Å². The number of piperidine rings is 1. The molecule has 5 nitrogen and oxygen atoms in total. The molecular formula is C20H24N2O3S. The van der Waals surface area contributed by atoms with Gasteiger partial charge in [0.2, 0.25) is 0 Å². The lowest BCUT2D eigenvalue weighted by Crippen LogP contribution is -2.44. The summed E-state index contributed by atoms with van der Waals surface area (Å²) in [4.78, 5) is 14.8. The number of rotatable bonds is 4. The van der Waals surface area contributed by atoms with E-state index in [1.54, 1.807) is 18.4 Å². The average Bonchev–Trinajstić information content (AvgIpc) is 3.13. The first-order valence-corrected chi connectivity index (χ1v) is 9.91. The summed E-state index contributed by atoms with van der Waals surface area (Å²) >= 11 is 1.61. The van der Waals surface area contributed by atoms with E-state index in [1.165, 1.54) is 10.4 Å². The molecule has 6 heteroatoms. The fourth-order valence-corrected chi connectivity index (χ4v) is 5.03. The van der Waals surface area contributed by atoms with Crippen LogP contribution in [0.4, 0.5) is 0 Å². The smallest absolute Gasteiger partial charge is 0.261 e. The highest BCUT2D eigenvalue weighted by Gasteiger charge is 2.40. The highest BCUT2D eigenvalue weighted by Crippen LogP contribution is 2.43. The van der Waals surface area contributed by atoms with Crippen LogP contribution < -0.4 is 15.4 Å². The second-order valence-electron chi connectivity index (χ2n) is 6.78. The maximum absolute atomic E-state index is 12.7. The van der Waals surface area contributed by atoms with Gasteiger partial charge in [-0.1, -0.05) is 18.2 Å². The highest BCUT2D eigenvalue weighted by molar-refractivity contribution is 7.14. The fourth-order valence-electron chi connectivity index (χ4n) is 3.88. The lowest BCUT2D eigenvalue weighted by molar-refractivity contribution is -0.0792. The largest absolute Gasteiger partial charge is 0.496 e. The van der Waals surface area contributed by atoms with Crippen molar-refractivity contribution < 1.29 is 14.3 Å².